The lowest BCUT2D eigenvalue weighted by Crippen LogP contribution is -2.46. The van der Waals surface area contributed by atoms with Gasteiger partial charge in [0, 0.05) is 19.6 Å². The molecule has 0 saturated heterocycles. The first-order valence-corrected chi connectivity index (χ1v) is 6.66. The fraction of sp³-hybridized carbons (Fsp3) is 0.769. The van der Waals surface area contributed by atoms with Gasteiger partial charge >= 0.3 is 18.0 Å². The van der Waals surface area contributed by atoms with Gasteiger partial charge in [0.2, 0.25) is 0 Å². The molecule has 0 rings (SSSR count). The number of esters is 1. The second-order valence-corrected chi connectivity index (χ2v) is 4.87. The predicted molar refractivity (Wildman–Crippen MR) is 73.3 cm³/mol. The summed E-state index contributed by atoms with van der Waals surface area (Å²) >= 11 is 0. The van der Waals surface area contributed by atoms with E-state index in [4.69, 9.17) is 9.84 Å². The number of nitrogens with zero attached hydrogens (tertiary/aromatic N) is 1. The zero-order valence-electron chi connectivity index (χ0n) is 12.5. The Labute approximate surface area is 119 Å². The van der Waals surface area contributed by atoms with E-state index in [-0.39, 0.29) is 31.3 Å². The molecule has 1 unspecified atom stereocenters. The number of rotatable bonds is 8. The van der Waals surface area contributed by atoms with Crippen LogP contribution >= 0.6 is 0 Å². The van der Waals surface area contributed by atoms with Gasteiger partial charge in [-0.1, -0.05) is 13.8 Å². The van der Waals surface area contributed by atoms with E-state index < -0.39 is 18.0 Å². The van der Waals surface area contributed by atoms with Gasteiger partial charge in [-0.25, -0.2) is 4.79 Å². The summed E-state index contributed by atoms with van der Waals surface area (Å²) in [5, 5.41) is 11.5. The van der Waals surface area contributed by atoms with E-state index in [9.17, 15) is 14.4 Å². The van der Waals surface area contributed by atoms with Crippen molar-refractivity contribution in [2.45, 2.75) is 39.7 Å². The van der Waals surface area contributed by atoms with E-state index in [0.717, 1.165) is 0 Å². The maximum absolute atomic E-state index is 11.9. The van der Waals surface area contributed by atoms with Crippen molar-refractivity contribution < 1.29 is 24.2 Å². The Bertz CT molecular complexity index is 344. The average molecular weight is 288 g/mol. The van der Waals surface area contributed by atoms with E-state index in [1.54, 1.807) is 14.0 Å². The molecule has 0 spiro atoms. The van der Waals surface area contributed by atoms with Crippen LogP contribution in [0.5, 0.6) is 0 Å². The number of aliphatic carboxylic acids is 1. The normalized spacial score (nSPS) is 11.8. The van der Waals surface area contributed by atoms with Gasteiger partial charge in [0.25, 0.3) is 0 Å². The lowest BCUT2D eigenvalue weighted by molar-refractivity contribution is -0.143. The summed E-state index contributed by atoms with van der Waals surface area (Å²) in [6.07, 6.45) is -0.0157. The second kappa shape index (κ2) is 9.17. The first kappa shape index (κ1) is 18.2. The van der Waals surface area contributed by atoms with Crippen molar-refractivity contribution in [1.29, 1.82) is 0 Å². The lowest BCUT2D eigenvalue weighted by Gasteiger charge is -2.24. The minimum Gasteiger partial charge on any atom is -0.481 e. The number of ether oxygens (including phenoxy) is 1. The van der Waals surface area contributed by atoms with Crippen LogP contribution in [0.1, 0.15) is 33.6 Å². The largest absolute Gasteiger partial charge is 0.481 e. The number of carboxylic acid groups (broad SMARTS) is 1. The summed E-state index contributed by atoms with van der Waals surface area (Å²) in [4.78, 5) is 35.1. The smallest absolute Gasteiger partial charge is 0.317 e. The third-order valence-corrected chi connectivity index (χ3v) is 2.81. The number of hydrogen-bond donors (Lipinski definition) is 2. The molecule has 0 bridgehead atoms. The Morgan fingerprint density at radius 3 is 2.35 bits per heavy atom. The number of hydrogen-bond acceptors (Lipinski definition) is 4. The maximum atomic E-state index is 11.9. The van der Waals surface area contributed by atoms with Gasteiger partial charge in [-0.05, 0) is 12.8 Å². The number of carbonyl (C=O) groups is 3. The fourth-order valence-electron chi connectivity index (χ4n) is 1.50. The highest BCUT2D eigenvalue weighted by Gasteiger charge is 2.21. The van der Waals surface area contributed by atoms with Crippen molar-refractivity contribution in [3.8, 4) is 0 Å². The summed E-state index contributed by atoms with van der Waals surface area (Å²) in [5.41, 5.74) is 0. The Balaban J connectivity index is 4.28. The molecule has 0 saturated carbocycles. The zero-order valence-corrected chi connectivity index (χ0v) is 12.5. The van der Waals surface area contributed by atoms with E-state index >= 15 is 0 Å². The molecule has 116 valence electrons. The Kier molecular flexibility index (Phi) is 8.35. The highest BCUT2D eigenvalue weighted by atomic mass is 16.5. The molecule has 1 atom stereocenters. The third kappa shape index (κ3) is 7.60. The molecule has 0 aliphatic heterocycles. The molecular formula is C13H24N2O5. The number of amides is 2. The monoisotopic (exact) mass is 288 g/mol. The number of carbonyl (C=O) groups excluding carboxylic acids is 2. The van der Waals surface area contributed by atoms with Crippen molar-refractivity contribution in [2.24, 2.45) is 5.92 Å². The summed E-state index contributed by atoms with van der Waals surface area (Å²) in [6.45, 7) is 5.93. The van der Waals surface area contributed by atoms with Gasteiger partial charge in [0.05, 0.1) is 19.4 Å². The highest BCUT2D eigenvalue weighted by molar-refractivity contribution is 5.76. The minimum absolute atomic E-state index is 0.00788. The Hall–Kier alpha value is -1.79. The van der Waals surface area contributed by atoms with Crippen LogP contribution in [-0.4, -0.2) is 54.2 Å². The average Bonchev–Trinajstić information content (AvgIpc) is 2.34. The van der Waals surface area contributed by atoms with Crippen LogP contribution in [0.2, 0.25) is 0 Å². The molecule has 0 fully saturated rings. The van der Waals surface area contributed by atoms with Gasteiger partial charge in [-0.3, -0.25) is 9.59 Å². The summed E-state index contributed by atoms with van der Waals surface area (Å²) in [7, 11) is 1.55. The van der Waals surface area contributed by atoms with E-state index in [1.807, 2.05) is 13.8 Å². The van der Waals surface area contributed by atoms with Crippen LogP contribution < -0.4 is 5.32 Å². The van der Waals surface area contributed by atoms with Crippen molar-refractivity contribution in [1.82, 2.24) is 10.2 Å². The quantitative estimate of drug-likeness (QED) is 0.652. The first-order valence-electron chi connectivity index (χ1n) is 6.66. The molecule has 0 aromatic carbocycles. The van der Waals surface area contributed by atoms with Crippen molar-refractivity contribution in [3.05, 3.63) is 0 Å². The molecule has 2 N–H and O–H groups in total. The van der Waals surface area contributed by atoms with Gasteiger partial charge in [-0.15, -0.1) is 0 Å². The van der Waals surface area contributed by atoms with Crippen molar-refractivity contribution in [3.63, 3.8) is 0 Å². The summed E-state index contributed by atoms with van der Waals surface area (Å²) in [5.74, 6) is -1.32. The van der Waals surface area contributed by atoms with Gasteiger partial charge < -0.3 is 20.1 Å². The van der Waals surface area contributed by atoms with E-state index in [1.165, 1.54) is 4.90 Å². The molecule has 7 nitrogen and oxygen atoms in total. The molecule has 20 heavy (non-hydrogen) atoms. The molecule has 0 aliphatic rings. The summed E-state index contributed by atoms with van der Waals surface area (Å²) < 4.78 is 4.77. The number of carboxylic acids is 1. The third-order valence-electron chi connectivity index (χ3n) is 2.81. The van der Waals surface area contributed by atoms with Crippen LogP contribution in [0.15, 0.2) is 0 Å². The van der Waals surface area contributed by atoms with Crippen molar-refractivity contribution in [2.75, 3.05) is 20.2 Å². The lowest BCUT2D eigenvalue weighted by atomic mass is 10.0. The van der Waals surface area contributed by atoms with Crippen molar-refractivity contribution >= 4 is 18.0 Å². The second-order valence-electron chi connectivity index (χ2n) is 4.87. The SMILES string of the molecule is CCOC(=O)CCN(C)C(=O)NC(CC(=O)O)C(C)C. The van der Waals surface area contributed by atoms with Gasteiger partial charge in [-0.2, -0.15) is 0 Å². The predicted octanol–water partition coefficient (Wildman–Crippen LogP) is 1.08. The minimum atomic E-state index is -0.960. The first-order chi connectivity index (χ1) is 9.27. The zero-order chi connectivity index (χ0) is 15.7. The molecule has 0 heterocycles. The standard InChI is InChI=1S/C13H24N2O5/c1-5-20-12(18)6-7-15(4)13(19)14-10(9(2)3)8-11(16)17/h9-10H,5-8H2,1-4H3,(H,14,19)(H,16,17). The highest BCUT2D eigenvalue weighted by Crippen LogP contribution is 2.07. The molecule has 0 aromatic rings. The maximum Gasteiger partial charge on any atom is 0.317 e. The topological polar surface area (TPSA) is 95.9 Å². The van der Waals surface area contributed by atoms with Crippen LogP contribution in [-0.2, 0) is 14.3 Å². The van der Waals surface area contributed by atoms with Crippen LogP contribution in [0.25, 0.3) is 0 Å². The number of urea groups is 1. The molecule has 2 amide bonds. The van der Waals surface area contributed by atoms with E-state index in [0.29, 0.717) is 6.61 Å². The molecule has 0 radical (unpaired) electrons. The molecule has 0 aromatic heterocycles. The van der Waals surface area contributed by atoms with Crippen LogP contribution in [0, 0.1) is 5.92 Å². The van der Waals surface area contributed by atoms with Crippen LogP contribution in [0.3, 0.4) is 0 Å². The Morgan fingerprint density at radius 2 is 1.90 bits per heavy atom. The fourth-order valence-corrected chi connectivity index (χ4v) is 1.50. The van der Waals surface area contributed by atoms with Gasteiger partial charge in [0.15, 0.2) is 0 Å². The van der Waals surface area contributed by atoms with E-state index in [2.05, 4.69) is 5.32 Å². The van der Waals surface area contributed by atoms with Gasteiger partial charge in [0.1, 0.15) is 0 Å². The Morgan fingerprint density at radius 1 is 1.30 bits per heavy atom. The summed E-state index contributed by atoms with van der Waals surface area (Å²) in [6, 6.07) is -0.834. The number of nitrogens with one attached hydrogen (secondary N) is 1. The molecular weight excluding hydrogens is 264 g/mol. The molecule has 0 aliphatic carbocycles. The molecule has 7 heteroatoms. The van der Waals surface area contributed by atoms with Crippen LogP contribution in [0.4, 0.5) is 4.79 Å².